The van der Waals surface area contributed by atoms with Crippen LogP contribution in [0.3, 0.4) is 0 Å². The van der Waals surface area contributed by atoms with E-state index in [1.807, 2.05) is 43.4 Å². The molecule has 0 saturated heterocycles. The number of nitrogens with one attached hydrogen (secondary N) is 2. The van der Waals surface area contributed by atoms with E-state index in [-0.39, 0.29) is 17.4 Å². The van der Waals surface area contributed by atoms with Crippen LogP contribution >= 0.6 is 0 Å². The van der Waals surface area contributed by atoms with Gasteiger partial charge >= 0.3 is 5.97 Å². The van der Waals surface area contributed by atoms with Gasteiger partial charge < -0.3 is 25.0 Å². The molecule has 232 valence electrons. The lowest BCUT2D eigenvalue weighted by atomic mass is 9.75. The summed E-state index contributed by atoms with van der Waals surface area (Å²) in [6.07, 6.45) is 8.14. The summed E-state index contributed by atoms with van der Waals surface area (Å²) in [5, 5.41) is 16.2. The van der Waals surface area contributed by atoms with E-state index >= 15 is 0 Å². The maximum Gasteiger partial charge on any atom is 0.331 e. The molecule has 0 spiro atoms. The third-order valence-electron chi connectivity index (χ3n) is 9.32. The molecule has 9 heteroatoms. The van der Waals surface area contributed by atoms with Crippen molar-refractivity contribution in [3.05, 3.63) is 82.9 Å². The van der Waals surface area contributed by atoms with Gasteiger partial charge in [-0.2, -0.15) is 0 Å². The van der Waals surface area contributed by atoms with Crippen molar-refractivity contribution < 1.29 is 24.2 Å². The molecule has 6 rings (SSSR count). The Morgan fingerprint density at radius 2 is 1.76 bits per heavy atom. The Balaban J connectivity index is 1.26. The molecule has 2 fully saturated rings. The lowest BCUT2D eigenvalue weighted by Crippen LogP contribution is -2.61. The van der Waals surface area contributed by atoms with Crippen LogP contribution in [-0.2, 0) is 16.6 Å². The van der Waals surface area contributed by atoms with Crippen LogP contribution in [0, 0.1) is 0 Å². The highest BCUT2D eigenvalue weighted by Gasteiger charge is 2.45. The average Bonchev–Trinajstić information content (AvgIpc) is 3.65. The van der Waals surface area contributed by atoms with Crippen molar-refractivity contribution in [1.29, 1.82) is 0 Å². The van der Waals surface area contributed by atoms with Crippen molar-refractivity contribution in [1.82, 2.24) is 14.9 Å². The number of aryl methyl sites for hydroxylation is 1. The second-order valence-electron chi connectivity index (χ2n) is 12.2. The Labute approximate surface area is 262 Å². The zero-order valence-corrected chi connectivity index (χ0v) is 25.9. The summed E-state index contributed by atoms with van der Waals surface area (Å²) < 4.78 is 7.55. The molecule has 0 bridgehead atoms. The van der Waals surface area contributed by atoms with E-state index in [0.717, 1.165) is 47.1 Å². The normalized spacial score (nSPS) is 16.3. The molecule has 3 N–H and O–H groups in total. The van der Waals surface area contributed by atoms with E-state index in [1.165, 1.54) is 25.3 Å². The SMILES string of the molecule is COc1cccc(-c2c(C3CCCC3)c3ccc(C(=O)NC4(C(=O)Nc5ccc(/C=C(\C)C(=O)O)cc5)CCC4)cc3n2C)n1. The van der Waals surface area contributed by atoms with Crippen molar-refractivity contribution >= 4 is 40.4 Å². The highest BCUT2D eigenvalue weighted by atomic mass is 16.5. The quantitative estimate of drug-likeness (QED) is 0.183. The molecule has 2 saturated carbocycles. The van der Waals surface area contributed by atoms with E-state index in [0.29, 0.717) is 35.9 Å². The summed E-state index contributed by atoms with van der Waals surface area (Å²) in [5.74, 6) is -0.558. The fraction of sp³-hybridized carbons (Fsp3) is 0.333. The first kappa shape index (κ1) is 30.1. The first-order valence-corrected chi connectivity index (χ1v) is 15.5. The van der Waals surface area contributed by atoms with Gasteiger partial charge in [-0.3, -0.25) is 9.59 Å². The summed E-state index contributed by atoms with van der Waals surface area (Å²) in [4.78, 5) is 43.0. The highest BCUT2D eigenvalue weighted by molar-refractivity contribution is 6.06. The summed E-state index contributed by atoms with van der Waals surface area (Å²) in [6.45, 7) is 1.53. The molecule has 4 aromatic rings. The standard InChI is InChI=1S/C36H38N4O5/c1-22(34(42)43)20-23-12-15-26(16-13-23)37-35(44)36(18-7-19-36)39-33(41)25-14-17-27-29(21-25)40(2)32(31(27)24-8-4-5-9-24)28-10-6-11-30(38-28)45-3/h6,10-17,20-21,24H,4-5,7-9,18-19H2,1-3H3,(H,37,44)(H,39,41)(H,42,43)/b22-20+. The van der Waals surface area contributed by atoms with Crippen LogP contribution in [0.15, 0.2) is 66.2 Å². The van der Waals surface area contributed by atoms with Crippen molar-refractivity contribution in [2.45, 2.75) is 63.3 Å². The van der Waals surface area contributed by atoms with Gasteiger partial charge in [-0.15, -0.1) is 0 Å². The number of carbonyl (C=O) groups excluding carboxylic acids is 2. The Morgan fingerprint density at radius 3 is 2.40 bits per heavy atom. The molecule has 2 aliphatic carbocycles. The first-order valence-electron chi connectivity index (χ1n) is 15.5. The van der Waals surface area contributed by atoms with Crippen LogP contribution < -0.4 is 15.4 Å². The van der Waals surface area contributed by atoms with Crippen molar-refractivity contribution in [2.24, 2.45) is 7.05 Å². The number of amides is 2. The molecule has 2 amide bonds. The van der Waals surface area contributed by atoms with Crippen LogP contribution in [0.1, 0.15) is 79.3 Å². The average molecular weight is 607 g/mol. The van der Waals surface area contributed by atoms with Crippen LogP contribution in [-0.4, -0.2) is 45.1 Å². The molecule has 45 heavy (non-hydrogen) atoms. The predicted molar refractivity (Wildman–Crippen MR) is 174 cm³/mol. The molecule has 2 aromatic carbocycles. The molecule has 0 unspecified atom stereocenters. The molecule has 9 nitrogen and oxygen atoms in total. The minimum absolute atomic E-state index is 0.222. The van der Waals surface area contributed by atoms with Crippen molar-refractivity contribution in [3.63, 3.8) is 0 Å². The zero-order chi connectivity index (χ0) is 31.7. The monoisotopic (exact) mass is 606 g/mol. The van der Waals surface area contributed by atoms with Gasteiger partial charge in [-0.25, -0.2) is 9.78 Å². The smallest absolute Gasteiger partial charge is 0.331 e. The molecule has 0 aliphatic heterocycles. The number of methoxy groups -OCH3 is 1. The molecule has 0 radical (unpaired) electrons. The largest absolute Gasteiger partial charge is 0.481 e. The number of aliphatic carboxylic acids is 1. The number of fused-ring (bicyclic) bond motifs is 1. The van der Waals surface area contributed by atoms with Gasteiger partial charge in [-0.1, -0.05) is 37.1 Å². The minimum Gasteiger partial charge on any atom is -0.481 e. The van der Waals surface area contributed by atoms with Gasteiger partial charge in [0, 0.05) is 40.8 Å². The van der Waals surface area contributed by atoms with Gasteiger partial charge in [-0.05, 0) is 92.5 Å². The van der Waals surface area contributed by atoms with Gasteiger partial charge in [0.1, 0.15) is 5.54 Å². The summed E-state index contributed by atoms with van der Waals surface area (Å²) in [6, 6.07) is 18.6. The number of carbonyl (C=O) groups is 3. The highest BCUT2D eigenvalue weighted by Crippen LogP contribution is 2.44. The lowest BCUT2D eigenvalue weighted by Gasteiger charge is -2.40. The van der Waals surface area contributed by atoms with Crippen LogP contribution in [0.5, 0.6) is 5.88 Å². The van der Waals surface area contributed by atoms with Gasteiger partial charge in [0.05, 0.1) is 18.5 Å². The number of hydrogen-bond donors (Lipinski definition) is 3. The molecule has 2 aromatic heterocycles. The number of benzene rings is 2. The van der Waals surface area contributed by atoms with Crippen LogP contribution in [0.25, 0.3) is 28.4 Å². The number of ether oxygens (including phenoxy) is 1. The maximum atomic E-state index is 13.7. The number of carboxylic acid groups (broad SMARTS) is 1. The molecular weight excluding hydrogens is 568 g/mol. The Hall–Kier alpha value is -4.92. The molecular formula is C36H38N4O5. The van der Waals surface area contributed by atoms with E-state index in [1.54, 1.807) is 37.5 Å². The van der Waals surface area contributed by atoms with E-state index in [9.17, 15) is 14.4 Å². The summed E-state index contributed by atoms with van der Waals surface area (Å²) >= 11 is 0. The number of pyridine rings is 1. The van der Waals surface area contributed by atoms with Crippen molar-refractivity contribution in [2.75, 3.05) is 12.4 Å². The Bertz CT molecular complexity index is 1810. The fourth-order valence-corrected chi connectivity index (χ4v) is 6.66. The van der Waals surface area contributed by atoms with Crippen LogP contribution in [0.2, 0.25) is 0 Å². The van der Waals surface area contributed by atoms with Crippen molar-refractivity contribution in [3.8, 4) is 17.3 Å². The van der Waals surface area contributed by atoms with Gasteiger partial charge in [0.25, 0.3) is 5.91 Å². The van der Waals surface area contributed by atoms with Crippen LogP contribution in [0.4, 0.5) is 5.69 Å². The summed E-state index contributed by atoms with van der Waals surface area (Å²) in [7, 11) is 3.63. The molecule has 2 aliphatic rings. The fourth-order valence-electron chi connectivity index (χ4n) is 6.66. The number of hydrogen-bond acceptors (Lipinski definition) is 5. The molecule has 2 heterocycles. The van der Waals surface area contributed by atoms with E-state index in [4.69, 9.17) is 14.8 Å². The topological polar surface area (TPSA) is 123 Å². The first-order chi connectivity index (χ1) is 21.7. The second kappa shape index (κ2) is 12.2. The summed E-state index contributed by atoms with van der Waals surface area (Å²) in [5.41, 5.74) is 5.12. The number of aromatic nitrogens is 2. The maximum absolute atomic E-state index is 13.7. The van der Waals surface area contributed by atoms with Gasteiger partial charge in [0.2, 0.25) is 11.8 Å². The predicted octanol–water partition coefficient (Wildman–Crippen LogP) is 6.69. The zero-order valence-electron chi connectivity index (χ0n) is 25.9. The number of rotatable bonds is 9. The third kappa shape index (κ3) is 5.82. The minimum atomic E-state index is -0.997. The second-order valence-corrected chi connectivity index (χ2v) is 12.2. The number of anilines is 1. The van der Waals surface area contributed by atoms with Gasteiger partial charge in [0.15, 0.2) is 0 Å². The Morgan fingerprint density at radius 1 is 1.02 bits per heavy atom. The Kier molecular flexibility index (Phi) is 8.18. The molecule has 0 atom stereocenters. The third-order valence-corrected chi connectivity index (χ3v) is 9.32. The van der Waals surface area contributed by atoms with E-state index in [2.05, 4.69) is 15.2 Å². The lowest BCUT2D eigenvalue weighted by molar-refractivity contribution is -0.132. The number of nitrogens with zero attached hydrogens (tertiary/aromatic N) is 2. The number of carboxylic acids is 1. The van der Waals surface area contributed by atoms with E-state index < -0.39 is 11.5 Å².